The molecule has 2 rings (SSSR count). The van der Waals surface area contributed by atoms with Crippen LogP contribution in [0.15, 0.2) is 18.2 Å². The first-order valence-electron chi connectivity index (χ1n) is 7.05. The van der Waals surface area contributed by atoms with Gasteiger partial charge in [0.1, 0.15) is 0 Å². The van der Waals surface area contributed by atoms with Crippen molar-refractivity contribution in [3.05, 3.63) is 33.8 Å². The van der Waals surface area contributed by atoms with Crippen LogP contribution in [0.25, 0.3) is 0 Å². The first kappa shape index (κ1) is 15.1. The fourth-order valence-electron chi connectivity index (χ4n) is 2.99. The zero-order valence-corrected chi connectivity index (χ0v) is 13.1. The van der Waals surface area contributed by atoms with E-state index in [1.807, 2.05) is 12.1 Å². The van der Waals surface area contributed by atoms with Crippen molar-refractivity contribution in [3.8, 4) is 0 Å². The summed E-state index contributed by atoms with van der Waals surface area (Å²) in [4.78, 5) is 2.52. The lowest BCUT2D eigenvalue weighted by molar-refractivity contribution is 0.128. The molecule has 0 bridgehead atoms. The van der Waals surface area contributed by atoms with Gasteiger partial charge in [-0.3, -0.25) is 4.90 Å². The molecule has 1 aromatic rings. The van der Waals surface area contributed by atoms with Crippen molar-refractivity contribution >= 4 is 23.2 Å². The Labute approximate surface area is 126 Å². The quantitative estimate of drug-likeness (QED) is 0.899. The normalized spacial score (nSPS) is 21.6. The topological polar surface area (TPSA) is 15.3 Å². The van der Waals surface area contributed by atoms with Crippen LogP contribution in [0.5, 0.6) is 0 Å². The van der Waals surface area contributed by atoms with Gasteiger partial charge < -0.3 is 5.32 Å². The van der Waals surface area contributed by atoms with Crippen LogP contribution in [0.4, 0.5) is 0 Å². The van der Waals surface area contributed by atoms with Crippen molar-refractivity contribution in [1.29, 1.82) is 0 Å². The van der Waals surface area contributed by atoms with Crippen LogP contribution in [-0.4, -0.2) is 30.6 Å². The van der Waals surface area contributed by atoms with Crippen molar-refractivity contribution < 1.29 is 0 Å². The third kappa shape index (κ3) is 3.43. The standard InChI is InChI=1S/C15H22Cl2N2/c1-3-19(12-6-5-9-18-10-12)11(2)13-7-4-8-14(16)15(13)17/h4,7-8,11-12,18H,3,5-6,9-10H2,1-2H3. The van der Waals surface area contributed by atoms with E-state index in [1.165, 1.54) is 12.8 Å². The molecule has 1 heterocycles. The van der Waals surface area contributed by atoms with E-state index in [-0.39, 0.29) is 0 Å². The van der Waals surface area contributed by atoms with Gasteiger partial charge in [0, 0.05) is 18.6 Å². The molecule has 19 heavy (non-hydrogen) atoms. The predicted octanol–water partition coefficient (Wildman–Crippen LogP) is 4.13. The summed E-state index contributed by atoms with van der Waals surface area (Å²) in [7, 11) is 0. The highest BCUT2D eigenvalue weighted by Gasteiger charge is 2.26. The molecule has 0 spiro atoms. The summed E-state index contributed by atoms with van der Waals surface area (Å²) in [6.45, 7) is 7.66. The van der Waals surface area contributed by atoms with E-state index in [0.29, 0.717) is 22.1 Å². The lowest BCUT2D eigenvalue weighted by atomic mass is 10.0. The number of hydrogen-bond acceptors (Lipinski definition) is 2. The average molecular weight is 301 g/mol. The summed E-state index contributed by atoms with van der Waals surface area (Å²) >= 11 is 12.5. The molecule has 1 N–H and O–H groups in total. The molecule has 1 saturated heterocycles. The van der Waals surface area contributed by atoms with Gasteiger partial charge in [-0.05, 0) is 44.5 Å². The molecule has 1 aromatic carbocycles. The fraction of sp³-hybridized carbons (Fsp3) is 0.600. The minimum Gasteiger partial charge on any atom is -0.315 e. The Balaban J connectivity index is 2.19. The lowest BCUT2D eigenvalue weighted by Crippen LogP contribution is -2.46. The number of rotatable bonds is 4. The van der Waals surface area contributed by atoms with E-state index in [4.69, 9.17) is 23.2 Å². The summed E-state index contributed by atoms with van der Waals surface area (Å²) in [6, 6.07) is 6.79. The number of halogens is 2. The second kappa shape index (κ2) is 6.94. The molecule has 1 aliphatic rings. The minimum atomic E-state index is 0.293. The molecule has 4 heteroatoms. The lowest BCUT2D eigenvalue weighted by Gasteiger charge is -2.38. The molecule has 2 atom stereocenters. The smallest absolute Gasteiger partial charge is 0.0640 e. The molecule has 0 aliphatic carbocycles. The zero-order valence-electron chi connectivity index (χ0n) is 11.6. The van der Waals surface area contributed by atoms with E-state index in [0.717, 1.165) is 25.2 Å². The first-order valence-corrected chi connectivity index (χ1v) is 7.81. The van der Waals surface area contributed by atoms with Crippen molar-refractivity contribution in [2.75, 3.05) is 19.6 Å². The second-order valence-electron chi connectivity index (χ2n) is 5.15. The summed E-state index contributed by atoms with van der Waals surface area (Å²) in [5, 5.41) is 4.82. The van der Waals surface area contributed by atoms with E-state index < -0.39 is 0 Å². The van der Waals surface area contributed by atoms with Gasteiger partial charge in [0.2, 0.25) is 0 Å². The van der Waals surface area contributed by atoms with Gasteiger partial charge in [0.25, 0.3) is 0 Å². The number of piperidine rings is 1. The van der Waals surface area contributed by atoms with Gasteiger partial charge in [-0.15, -0.1) is 0 Å². The number of nitrogens with one attached hydrogen (secondary N) is 1. The summed E-state index contributed by atoms with van der Waals surface area (Å²) in [5.41, 5.74) is 1.13. The molecule has 1 fully saturated rings. The Bertz CT molecular complexity index is 417. The van der Waals surface area contributed by atoms with Gasteiger partial charge in [0.15, 0.2) is 0 Å². The Hall–Kier alpha value is -0.280. The fourth-order valence-corrected chi connectivity index (χ4v) is 3.45. The van der Waals surface area contributed by atoms with Crippen LogP contribution in [-0.2, 0) is 0 Å². The number of benzene rings is 1. The molecular weight excluding hydrogens is 279 g/mol. The second-order valence-corrected chi connectivity index (χ2v) is 5.93. The largest absolute Gasteiger partial charge is 0.315 e. The summed E-state index contributed by atoms with van der Waals surface area (Å²) in [6.07, 6.45) is 2.50. The third-order valence-electron chi connectivity index (χ3n) is 4.03. The van der Waals surface area contributed by atoms with Crippen molar-refractivity contribution in [2.24, 2.45) is 0 Å². The Kier molecular flexibility index (Phi) is 5.52. The van der Waals surface area contributed by atoms with Gasteiger partial charge in [-0.1, -0.05) is 42.3 Å². The molecule has 2 nitrogen and oxygen atoms in total. The molecule has 0 radical (unpaired) electrons. The highest BCUT2D eigenvalue weighted by molar-refractivity contribution is 6.42. The van der Waals surface area contributed by atoms with Crippen LogP contribution in [0.2, 0.25) is 10.0 Å². The van der Waals surface area contributed by atoms with Crippen molar-refractivity contribution in [2.45, 2.75) is 38.8 Å². The van der Waals surface area contributed by atoms with Gasteiger partial charge in [-0.2, -0.15) is 0 Å². The molecule has 0 amide bonds. The highest BCUT2D eigenvalue weighted by Crippen LogP contribution is 2.34. The first-order chi connectivity index (χ1) is 9.15. The molecule has 1 aliphatic heterocycles. The zero-order chi connectivity index (χ0) is 13.8. The molecule has 106 valence electrons. The van der Waals surface area contributed by atoms with Gasteiger partial charge in [-0.25, -0.2) is 0 Å². The third-order valence-corrected chi connectivity index (χ3v) is 4.87. The summed E-state index contributed by atoms with van der Waals surface area (Å²) in [5.74, 6) is 0. The maximum Gasteiger partial charge on any atom is 0.0640 e. The van der Waals surface area contributed by atoms with Crippen LogP contribution in [0.3, 0.4) is 0 Å². The van der Waals surface area contributed by atoms with Gasteiger partial charge in [0.05, 0.1) is 10.0 Å². The van der Waals surface area contributed by atoms with Crippen LogP contribution >= 0.6 is 23.2 Å². The Morgan fingerprint density at radius 1 is 1.42 bits per heavy atom. The maximum absolute atomic E-state index is 6.35. The van der Waals surface area contributed by atoms with E-state index in [2.05, 4.69) is 30.1 Å². The molecule has 2 unspecified atom stereocenters. The molecular formula is C15H22Cl2N2. The molecule has 0 aromatic heterocycles. The number of likely N-dealkylation sites (N-methyl/N-ethyl adjacent to an activating group) is 1. The van der Waals surface area contributed by atoms with E-state index >= 15 is 0 Å². The van der Waals surface area contributed by atoms with E-state index in [9.17, 15) is 0 Å². The van der Waals surface area contributed by atoms with Crippen molar-refractivity contribution in [1.82, 2.24) is 10.2 Å². The predicted molar refractivity (Wildman–Crippen MR) is 83.1 cm³/mol. The monoisotopic (exact) mass is 300 g/mol. The summed E-state index contributed by atoms with van der Waals surface area (Å²) < 4.78 is 0. The highest BCUT2D eigenvalue weighted by atomic mass is 35.5. The Morgan fingerprint density at radius 3 is 2.84 bits per heavy atom. The average Bonchev–Trinajstić information content (AvgIpc) is 2.44. The SMILES string of the molecule is CCN(C1CCCNC1)C(C)c1cccc(Cl)c1Cl. The number of hydrogen-bond donors (Lipinski definition) is 1. The van der Waals surface area contributed by atoms with Crippen LogP contribution in [0, 0.1) is 0 Å². The molecule has 0 saturated carbocycles. The Morgan fingerprint density at radius 2 is 2.21 bits per heavy atom. The van der Waals surface area contributed by atoms with Crippen LogP contribution in [0.1, 0.15) is 38.3 Å². The number of nitrogens with zero attached hydrogens (tertiary/aromatic N) is 1. The van der Waals surface area contributed by atoms with Crippen LogP contribution < -0.4 is 5.32 Å². The van der Waals surface area contributed by atoms with E-state index in [1.54, 1.807) is 0 Å². The van der Waals surface area contributed by atoms with Crippen molar-refractivity contribution in [3.63, 3.8) is 0 Å². The minimum absolute atomic E-state index is 0.293. The van der Waals surface area contributed by atoms with Gasteiger partial charge >= 0.3 is 0 Å². The maximum atomic E-state index is 6.35.